The highest BCUT2D eigenvalue weighted by atomic mass is 16.5. The summed E-state index contributed by atoms with van der Waals surface area (Å²) >= 11 is 0. The van der Waals surface area contributed by atoms with Crippen molar-refractivity contribution in [3.8, 4) is 5.75 Å². The van der Waals surface area contributed by atoms with Crippen LogP contribution in [0.4, 0.5) is 0 Å². The van der Waals surface area contributed by atoms with Gasteiger partial charge in [0.05, 0.1) is 5.56 Å². The van der Waals surface area contributed by atoms with Crippen molar-refractivity contribution in [2.24, 2.45) is 11.5 Å². The van der Waals surface area contributed by atoms with Gasteiger partial charge in [0.1, 0.15) is 11.5 Å². The molecular formula is C21H25BN2O4. The summed E-state index contributed by atoms with van der Waals surface area (Å²) in [7, 11) is -1.12. The first kappa shape index (κ1) is 20.3. The minimum atomic E-state index is -1.12. The maximum absolute atomic E-state index is 12.7. The van der Waals surface area contributed by atoms with Gasteiger partial charge in [-0.1, -0.05) is 30.3 Å². The molecule has 3 rings (SSSR count). The van der Waals surface area contributed by atoms with E-state index in [-0.39, 0.29) is 30.2 Å². The summed E-state index contributed by atoms with van der Waals surface area (Å²) < 4.78 is 5.62. The molecular weight excluding hydrogens is 355 g/mol. The van der Waals surface area contributed by atoms with Gasteiger partial charge < -0.3 is 21.1 Å². The predicted octanol–water partition coefficient (Wildman–Crippen LogP) is 1.79. The van der Waals surface area contributed by atoms with Gasteiger partial charge in [-0.05, 0) is 41.7 Å². The normalized spacial score (nSPS) is 15.7. The fourth-order valence-electron chi connectivity index (χ4n) is 3.82. The minimum Gasteiger partial charge on any atom is -0.535 e. The van der Waals surface area contributed by atoms with E-state index < -0.39 is 7.12 Å². The first-order valence-electron chi connectivity index (χ1n) is 9.43. The van der Waals surface area contributed by atoms with Gasteiger partial charge in [0.15, 0.2) is 5.78 Å². The van der Waals surface area contributed by atoms with Crippen LogP contribution in [-0.4, -0.2) is 23.7 Å². The lowest BCUT2D eigenvalue weighted by atomic mass is 9.64. The van der Waals surface area contributed by atoms with E-state index in [0.717, 1.165) is 22.3 Å². The average molecular weight is 380 g/mol. The molecule has 1 aliphatic heterocycles. The number of fused-ring (bicyclic) bond motifs is 1. The molecule has 7 heteroatoms. The zero-order chi connectivity index (χ0) is 20.3. The van der Waals surface area contributed by atoms with E-state index in [1.54, 1.807) is 12.1 Å². The Hall–Kier alpha value is -2.48. The van der Waals surface area contributed by atoms with Crippen LogP contribution in [0, 0.1) is 0 Å². The SMILES string of the molecule is CC(=O)c1cccc2c1OB(O)[C@@H](CC(=O)Cc1cccc(CN)c1CN)C2. The first-order chi connectivity index (χ1) is 13.4. The van der Waals surface area contributed by atoms with Crippen molar-refractivity contribution in [2.45, 2.75) is 45.1 Å². The summed E-state index contributed by atoms with van der Waals surface area (Å²) in [5.74, 6) is -0.0520. The van der Waals surface area contributed by atoms with E-state index in [2.05, 4.69) is 0 Å². The van der Waals surface area contributed by atoms with Crippen molar-refractivity contribution in [2.75, 3.05) is 0 Å². The van der Waals surface area contributed by atoms with Crippen molar-refractivity contribution in [3.63, 3.8) is 0 Å². The Kier molecular flexibility index (Phi) is 6.29. The molecule has 0 saturated heterocycles. The van der Waals surface area contributed by atoms with Gasteiger partial charge in [-0.2, -0.15) is 0 Å². The molecule has 2 aromatic rings. The number of benzene rings is 2. The zero-order valence-electron chi connectivity index (χ0n) is 16.0. The Morgan fingerprint density at radius 2 is 1.86 bits per heavy atom. The molecule has 0 fully saturated rings. The summed E-state index contributed by atoms with van der Waals surface area (Å²) in [6.07, 6.45) is 0.904. The van der Waals surface area contributed by atoms with Gasteiger partial charge in [0.2, 0.25) is 0 Å². The van der Waals surface area contributed by atoms with Crippen LogP contribution in [0.5, 0.6) is 5.75 Å². The molecule has 0 amide bonds. The second-order valence-electron chi connectivity index (χ2n) is 7.21. The standard InChI is InChI=1S/C21H25BN2O4/c1-13(25)19-7-3-5-15-8-17(22(27)28-21(15)19)10-18(26)9-14-4-2-6-16(11-23)20(14)12-24/h2-7,17,27H,8-12,23-24H2,1H3/t17-/m1/s1. The molecule has 5 N–H and O–H groups in total. The van der Waals surface area contributed by atoms with Crippen molar-refractivity contribution >= 4 is 18.7 Å². The molecule has 6 nitrogen and oxygen atoms in total. The number of Topliss-reactive ketones (excluding diaryl/α,β-unsaturated/α-hetero) is 2. The Bertz CT molecular complexity index is 900. The van der Waals surface area contributed by atoms with Crippen LogP contribution < -0.4 is 16.1 Å². The summed E-state index contributed by atoms with van der Waals surface area (Å²) in [6, 6.07) is 11.0. The predicted molar refractivity (Wildman–Crippen MR) is 108 cm³/mol. The highest BCUT2D eigenvalue weighted by Gasteiger charge is 2.37. The lowest BCUT2D eigenvalue weighted by molar-refractivity contribution is -0.118. The monoisotopic (exact) mass is 380 g/mol. The minimum absolute atomic E-state index is 0.00249. The molecule has 0 radical (unpaired) electrons. The third kappa shape index (κ3) is 4.17. The van der Waals surface area contributed by atoms with Crippen molar-refractivity contribution in [1.82, 2.24) is 0 Å². The topological polar surface area (TPSA) is 116 Å². The molecule has 2 aromatic carbocycles. The molecule has 1 aliphatic rings. The lowest BCUT2D eigenvalue weighted by Crippen LogP contribution is -2.36. The summed E-state index contributed by atoms with van der Waals surface area (Å²) in [5.41, 5.74) is 15.6. The van der Waals surface area contributed by atoms with Crippen LogP contribution in [0.15, 0.2) is 36.4 Å². The van der Waals surface area contributed by atoms with Gasteiger partial charge >= 0.3 is 7.12 Å². The Morgan fingerprint density at radius 1 is 1.14 bits per heavy atom. The van der Waals surface area contributed by atoms with Crippen molar-refractivity contribution < 1.29 is 19.3 Å². The van der Waals surface area contributed by atoms with Crippen LogP contribution in [0.25, 0.3) is 0 Å². The molecule has 0 bridgehead atoms. The van der Waals surface area contributed by atoms with E-state index in [4.69, 9.17) is 16.1 Å². The van der Waals surface area contributed by atoms with Gasteiger partial charge in [-0.3, -0.25) is 9.59 Å². The molecule has 0 saturated carbocycles. The van der Waals surface area contributed by atoms with E-state index >= 15 is 0 Å². The second-order valence-corrected chi connectivity index (χ2v) is 7.21. The smallest absolute Gasteiger partial charge is 0.526 e. The maximum atomic E-state index is 12.7. The highest BCUT2D eigenvalue weighted by molar-refractivity contribution is 6.47. The number of carbonyl (C=O) groups is 2. The van der Waals surface area contributed by atoms with Crippen LogP contribution in [-0.2, 0) is 30.7 Å². The summed E-state index contributed by atoms with van der Waals surface area (Å²) in [5, 5.41) is 10.4. The number of hydrogen-bond donors (Lipinski definition) is 3. The van der Waals surface area contributed by atoms with Crippen LogP contribution in [0.1, 0.15) is 46.0 Å². The molecule has 146 valence electrons. The molecule has 28 heavy (non-hydrogen) atoms. The van der Waals surface area contributed by atoms with E-state index in [0.29, 0.717) is 30.8 Å². The Morgan fingerprint density at radius 3 is 2.54 bits per heavy atom. The average Bonchev–Trinajstić information content (AvgIpc) is 2.67. The lowest BCUT2D eigenvalue weighted by Gasteiger charge is -2.28. The molecule has 0 spiro atoms. The maximum Gasteiger partial charge on any atom is 0.526 e. The van der Waals surface area contributed by atoms with Gasteiger partial charge in [-0.15, -0.1) is 0 Å². The van der Waals surface area contributed by atoms with Gasteiger partial charge in [0.25, 0.3) is 0 Å². The number of carbonyl (C=O) groups excluding carboxylic acids is 2. The summed E-state index contributed by atoms with van der Waals surface area (Å²) in [4.78, 5) is 24.5. The fraction of sp³-hybridized carbons (Fsp3) is 0.333. The second kappa shape index (κ2) is 8.69. The van der Waals surface area contributed by atoms with Crippen molar-refractivity contribution in [3.05, 3.63) is 64.2 Å². The Balaban J connectivity index is 1.74. The van der Waals surface area contributed by atoms with Crippen LogP contribution in [0.3, 0.4) is 0 Å². The van der Waals surface area contributed by atoms with E-state index in [9.17, 15) is 14.6 Å². The van der Waals surface area contributed by atoms with E-state index in [1.165, 1.54) is 6.92 Å². The quantitative estimate of drug-likeness (QED) is 0.498. The van der Waals surface area contributed by atoms with Crippen LogP contribution in [0.2, 0.25) is 5.82 Å². The van der Waals surface area contributed by atoms with E-state index in [1.807, 2.05) is 24.3 Å². The summed E-state index contributed by atoms with van der Waals surface area (Å²) in [6.45, 7) is 2.16. The number of ketones is 2. The Labute approximate surface area is 165 Å². The number of para-hydroxylation sites is 1. The fourth-order valence-corrected chi connectivity index (χ4v) is 3.82. The highest BCUT2D eigenvalue weighted by Crippen LogP contribution is 2.36. The molecule has 1 heterocycles. The molecule has 1 atom stereocenters. The molecule has 0 unspecified atom stereocenters. The third-order valence-electron chi connectivity index (χ3n) is 5.27. The number of nitrogens with two attached hydrogens (primary N) is 2. The first-order valence-corrected chi connectivity index (χ1v) is 9.43. The van der Waals surface area contributed by atoms with Gasteiger partial charge in [-0.25, -0.2) is 0 Å². The largest absolute Gasteiger partial charge is 0.535 e. The molecule has 0 aliphatic carbocycles. The van der Waals surface area contributed by atoms with Crippen LogP contribution >= 0.6 is 0 Å². The van der Waals surface area contributed by atoms with Gasteiger partial charge in [0, 0.05) is 31.7 Å². The third-order valence-corrected chi connectivity index (χ3v) is 5.27. The molecule has 0 aromatic heterocycles. The van der Waals surface area contributed by atoms with Crippen molar-refractivity contribution in [1.29, 1.82) is 0 Å². The number of rotatable bonds is 7. The number of hydrogen-bond acceptors (Lipinski definition) is 6. The zero-order valence-corrected chi connectivity index (χ0v) is 16.0.